The van der Waals surface area contributed by atoms with Gasteiger partial charge in [-0.2, -0.15) is 14.7 Å². The number of piperidine rings is 1. The summed E-state index contributed by atoms with van der Waals surface area (Å²) in [7, 11) is 1.90. The molecular formula is C18H27N7. The molecule has 3 N–H and O–H groups in total. The summed E-state index contributed by atoms with van der Waals surface area (Å²) in [6, 6.07) is 0. The molecule has 1 atom stereocenters. The fourth-order valence-electron chi connectivity index (χ4n) is 3.36. The first-order valence-electron chi connectivity index (χ1n) is 8.98. The molecule has 1 fully saturated rings. The molecule has 1 aliphatic rings. The minimum Gasteiger partial charge on any atom is -0.383 e. The molecule has 0 aromatic carbocycles. The first kappa shape index (κ1) is 17.4. The number of nitrogens with zero attached hydrogens (tertiary/aromatic N) is 5. The van der Waals surface area contributed by atoms with Crippen molar-refractivity contribution in [1.29, 1.82) is 0 Å². The quantitative estimate of drug-likeness (QED) is 0.748. The summed E-state index contributed by atoms with van der Waals surface area (Å²) in [6.07, 6.45) is 7.93. The minimum atomic E-state index is 0.410. The molecule has 3 aromatic heterocycles. The summed E-state index contributed by atoms with van der Waals surface area (Å²) in [5.41, 5.74) is 11.2. The van der Waals surface area contributed by atoms with Crippen molar-refractivity contribution >= 4 is 11.5 Å². The van der Waals surface area contributed by atoms with Crippen LogP contribution in [0.5, 0.6) is 0 Å². The SMILES string of the molecule is CC.Cc1c(C2CCCNC2)nc2c(-c3cnn(C)c3)cnn2c1N. The normalized spacial score (nSPS) is 17.4. The molecular weight excluding hydrogens is 314 g/mol. The van der Waals surface area contributed by atoms with Gasteiger partial charge in [-0.25, -0.2) is 4.98 Å². The average molecular weight is 341 g/mol. The molecule has 7 heteroatoms. The van der Waals surface area contributed by atoms with Gasteiger partial charge in [-0.3, -0.25) is 4.68 Å². The third kappa shape index (κ3) is 3.11. The van der Waals surface area contributed by atoms with Gasteiger partial charge in [0.05, 0.1) is 18.1 Å². The Labute approximate surface area is 148 Å². The van der Waals surface area contributed by atoms with Crippen LogP contribution in [-0.2, 0) is 7.05 Å². The van der Waals surface area contributed by atoms with Crippen molar-refractivity contribution in [3.63, 3.8) is 0 Å². The molecule has 1 aliphatic heterocycles. The van der Waals surface area contributed by atoms with Gasteiger partial charge >= 0.3 is 0 Å². The second-order valence-electron chi connectivity index (χ2n) is 6.25. The molecule has 25 heavy (non-hydrogen) atoms. The Morgan fingerprint density at radius 3 is 2.68 bits per heavy atom. The smallest absolute Gasteiger partial charge is 0.165 e. The summed E-state index contributed by atoms with van der Waals surface area (Å²) in [5.74, 6) is 1.08. The van der Waals surface area contributed by atoms with E-state index < -0.39 is 0 Å². The summed E-state index contributed by atoms with van der Waals surface area (Å²) in [4.78, 5) is 4.95. The van der Waals surface area contributed by atoms with Gasteiger partial charge in [-0.15, -0.1) is 0 Å². The summed E-state index contributed by atoms with van der Waals surface area (Å²) >= 11 is 0. The van der Waals surface area contributed by atoms with E-state index in [-0.39, 0.29) is 0 Å². The fraction of sp³-hybridized carbons (Fsp3) is 0.500. The Morgan fingerprint density at radius 1 is 1.24 bits per heavy atom. The second kappa shape index (κ2) is 7.23. The first-order chi connectivity index (χ1) is 12.1. The Bertz CT molecular complexity index is 856. The molecule has 3 aromatic rings. The maximum atomic E-state index is 6.34. The van der Waals surface area contributed by atoms with Gasteiger partial charge in [0.25, 0.3) is 0 Å². The van der Waals surface area contributed by atoms with Crippen LogP contribution in [0, 0.1) is 6.92 Å². The summed E-state index contributed by atoms with van der Waals surface area (Å²) < 4.78 is 3.51. The zero-order chi connectivity index (χ0) is 18.0. The average Bonchev–Trinajstić information content (AvgIpc) is 3.26. The third-order valence-electron chi connectivity index (χ3n) is 4.67. The number of aromatic nitrogens is 5. The van der Waals surface area contributed by atoms with E-state index in [1.807, 2.05) is 46.4 Å². The van der Waals surface area contributed by atoms with E-state index >= 15 is 0 Å². The van der Waals surface area contributed by atoms with Gasteiger partial charge in [0.1, 0.15) is 5.82 Å². The lowest BCUT2D eigenvalue weighted by molar-refractivity contribution is 0.453. The monoisotopic (exact) mass is 341 g/mol. The Kier molecular flexibility index (Phi) is 5.03. The van der Waals surface area contributed by atoms with E-state index in [1.165, 1.54) is 6.42 Å². The molecule has 7 nitrogen and oxygen atoms in total. The number of nitrogen functional groups attached to an aromatic ring is 1. The van der Waals surface area contributed by atoms with Crippen molar-refractivity contribution < 1.29 is 0 Å². The highest BCUT2D eigenvalue weighted by molar-refractivity contribution is 5.77. The lowest BCUT2D eigenvalue weighted by Gasteiger charge is -2.24. The number of hydrogen-bond donors (Lipinski definition) is 2. The molecule has 1 unspecified atom stereocenters. The molecule has 0 amide bonds. The molecule has 0 radical (unpaired) electrons. The van der Waals surface area contributed by atoms with Gasteiger partial charge in [0.15, 0.2) is 5.65 Å². The molecule has 0 spiro atoms. The third-order valence-corrected chi connectivity index (χ3v) is 4.67. The van der Waals surface area contributed by atoms with Crippen molar-refractivity contribution in [3.05, 3.63) is 29.8 Å². The predicted molar refractivity (Wildman–Crippen MR) is 101 cm³/mol. The van der Waals surface area contributed by atoms with Gasteiger partial charge in [-0.05, 0) is 26.3 Å². The highest BCUT2D eigenvalue weighted by Gasteiger charge is 2.23. The standard InChI is InChI=1S/C16H21N7.C2H6/c1-10-14(11-4-3-5-18-6-11)21-16-13(8-20-23(16)15(10)17)12-7-19-22(2)9-12;1-2/h7-9,11,18H,3-6,17H2,1-2H3;1-2H3. The van der Waals surface area contributed by atoms with Gasteiger partial charge in [-0.1, -0.05) is 13.8 Å². The van der Waals surface area contributed by atoms with Crippen LogP contribution in [0.15, 0.2) is 18.6 Å². The van der Waals surface area contributed by atoms with E-state index in [0.29, 0.717) is 11.7 Å². The summed E-state index contributed by atoms with van der Waals surface area (Å²) in [6.45, 7) is 8.08. The van der Waals surface area contributed by atoms with E-state index in [2.05, 4.69) is 15.5 Å². The van der Waals surface area contributed by atoms with Crippen LogP contribution in [0.2, 0.25) is 0 Å². The molecule has 4 heterocycles. The second-order valence-corrected chi connectivity index (χ2v) is 6.25. The van der Waals surface area contributed by atoms with Crippen LogP contribution >= 0.6 is 0 Å². The van der Waals surface area contributed by atoms with Crippen LogP contribution < -0.4 is 11.1 Å². The van der Waals surface area contributed by atoms with Crippen LogP contribution in [0.25, 0.3) is 16.8 Å². The Morgan fingerprint density at radius 2 is 2.04 bits per heavy atom. The highest BCUT2D eigenvalue weighted by Crippen LogP contribution is 2.31. The number of hydrogen-bond acceptors (Lipinski definition) is 5. The Hall–Kier alpha value is -2.41. The number of nitrogens with two attached hydrogens (primary N) is 1. The lowest BCUT2D eigenvalue weighted by Crippen LogP contribution is -2.29. The fourth-order valence-corrected chi connectivity index (χ4v) is 3.36. The Balaban J connectivity index is 0.000000880. The zero-order valence-corrected chi connectivity index (χ0v) is 15.5. The maximum absolute atomic E-state index is 6.34. The van der Waals surface area contributed by atoms with E-state index in [9.17, 15) is 0 Å². The molecule has 0 aliphatic carbocycles. The van der Waals surface area contributed by atoms with E-state index in [0.717, 1.165) is 47.5 Å². The van der Waals surface area contributed by atoms with Gasteiger partial charge in [0.2, 0.25) is 0 Å². The largest absolute Gasteiger partial charge is 0.383 e. The van der Waals surface area contributed by atoms with Crippen LogP contribution in [0.1, 0.15) is 43.9 Å². The van der Waals surface area contributed by atoms with Gasteiger partial charge < -0.3 is 11.1 Å². The van der Waals surface area contributed by atoms with Gasteiger partial charge in [0, 0.05) is 42.4 Å². The van der Waals surface area contributed by atoms with E-state index in [1.54, 1.807) is 9.20 Å². The number of rotatable bonds is 2. The highest BCUT2D eigenvalue weighted by atomic mass is 15.3. The molecule has 4 rings (SSSR count). The van der Waals surface area contributed by atoms with Crippen LogP contribution in [0.3, 0.4) is 0 Å². The molecule has 0 bridgehead atoms. The first-order valence-corrected chi connectivity index (χ1v) is 8.98. The number of aryl methyl sites for hydroxylation is 1. The van der Waals surface area contributed by atoms with Crippen molar-refractivity contribution in [2.24, 2.45) is 7.05 Å². The number of anilines is 1. The number of nitrogens with one attached hydrogen (secondary N) is 1. The summed E-state index contributed by atoms with van der Waals surface area (Å²) in [5, 5.41) is 12.1. The molecule has 0 saturated carbocycles. The topological polar surface area (TPSA) is 86.1 Å². The van der Waals surface area contributed by atoms with Crippen LogP contribution in [0.4, 0.5) is 5.82 Å². The lowest BCUT2D eigenvalue weighted by atomic mass is 9.93. The maximum Gasteiger partial charge on any atom is 0.165 e. The minimum absolute atomic E-state index is 0.410. The van der Waals surface area contributed by atoms with Crippen LogP contribution in [-0.4, -0.2) is 37.5 Å². The molecule has 1 saturated heterocycles. The van der Waals surface area contributed by atoms with Crippen molar-refractivity contribution in [2.75, 3.05) is 18.8 Å². The van der Waals surface area contributed by atoms with E-state index in [4.69, 9.17) is 10.7 Å². The van der Waals surface area contributed by atoms with Crippen molar-refractivity contribution in [2.45, 2.75) is 39.5 Å². The number of fused-ring (bicyclic) bond motifs is 1. The van der Waals surface area contributed by atoms with Crippen molar-refractivity contribution in [1.82, 2.24) is 29.7 Å². The van der Waals surface area contributed by atoms with Crippen molar-refractivity contribution in [3.8, 4) is 11.1 Å². The molecule has 134 valence electrons. The predicted octanol–water partition coefficient (Wildman–Crippen LogP) is 2.51. The zero-order valence-electron chi connectivity index (χ0n) is 15.5.